The van der Waals surface area contributed by atoms with E-state index in [2.05, 4.69) is 31.0 Å². The van der Waals surface area contributed by atoms with Crippen molar-refractivity contribution >= 4 is 0 Å². The van der Waals surface area contributed by atoms with Crippen LogP contribution < -0.4 is 5.32 Å². The molecule has 1 N–H and O–H groups in total. The molecule has 0 aromatic rings. The first-order valence-corrected chi connectivity index (χ1v) is 8.01. The molecule has 3 atom stereocenters. The van der Waals surface area contributed by atoms with E-state index in [0.717, 1.165) is 25.1 Å². The Morgan fingerprint density at radius 2 is 1.95 bits per heavy atom. The van der Waals surface area contributed by atoms with Crippen molar-refractivity contribution in [3.8, 4) is 0 Å². The van der Waals surface area contributed by atoms with Gasteiger partial charge in [0.05, 0.1) is 6.61 Å². The highest BCUT2D eigenvalue weighted by atomic mass is 16.5. The minimum absolute atomic E-state index is 0.191. The van der Waals surface area contributed by atoms with E-state index in [-0.39, 0.29) is 5.54 Å². The van der Waals surface area contributed by atoms with Crippen LogP contribution in [-0.4, -0.2) is 49.3 Å². The lowest BCUT2D eigenvalue weighted by atomic mass is 9.90. The second-order valence-corrected chi connectivity index (χ2v) is 7.38. The first kappa shape index (κ1) is 15.3. The van der Waals surface area contributed by atoms with Crippen LogP contribution in [0.4, 0.5) is 0 Å². The van der Waals surface area contributed by atoms with Crippen molar-refractivity contribution in [2.45, 2.75) is 70.5 Å². The van der Waals surface area contributed by atoms with Gasteiger partial charge in [-0.25, -0.2) is 0 Å². The summed E-state index contributed by atoms with van der Waals surface area (Å²) < 4.78 is 5.49. The number of piperidine rings is 1. The topological polar surface area (TPSA) is 24.5 Å². The Labute approximate surface area is 119 Å². The fraction of sp³-hybridized carbons (Fsp3) is 1.00. The van der Waals surface area contributed by atoms with Crippen LogP contribution in [0.15, 0.2) is 0 Å². The molecule has 3 heteroatoms. The zero-order valence-corrected chi connectivity index (χ0v) is 13.2. The number of ether oxygens (including phenoxy) is 1. The van der Waals surface area contributed by atoms with Gasteiger partial charge in [0.2, 0.25) is 0 Å². The molecule has 0 bridgehead atoms. The number of hydrogen-bond donors (Lipinski definition) is 1. The number of rotatable bonds is 5. The quantitative estimate of drug-likeness (QED) is 0.829. The van der Waals surface area contributed by atoms with E-state index in [4.69, 9.17) is 4.74 Å². The summed E-state index contributed by atoms with van der Waals surface area (Å²) in [6, 6.07) is 1.37. The van der Waals surface area contributed by atoms with Crippen LogP contribution in [0.5, 0.6) is 0 Å². The maximum atomic E-state index is 5.49. The Kier molecular flexibility index (Phi) is 5.27. The Balaban J connectivity index is 1.96. The van der Waals surface area contributed by atoms with Gasteiger partial charge in [0.25, 0.3) is 0 Å². The van der Waals surface area contributed by atoms with Crippen LogP contribution in [0.2, 0.25) is 0 Å². The number of fused-ring (bicyclic) bond motifs is 1. The van der Waals surface area contributed by atoms with E-state index < -0.39 is 0 Å². The molecule has 2 rings (SSSR count). The fourth-order valence-corrected chi connectivity index (χ4v) is 3.83. The standard InChI is InChI=1S/C16H32N2O/c1-16(2,3)17-11-14(12-19-4)18-10-6-8-13-7-5-9-15(13)18/h13-15,17H,5-12H2,1-4H3. The van der Waals surface area contributed by atoms with E-state index in [1.807, 2.05) is 7.11 Å². The molecule has 0 spiro atoms. The highest BCUT2D eigenvalue weighted by molar-refractivity contribution is 4.93. The van der Waals surface area contributed by atoms with Crippen LogP contribution in [0.3, 0.4) is 0 Å². The summed E-state index contributed by atoms with van der Waals surface area (Å²) >= 11 is 0. The van der Waals surface area contributed by atoms with Gasteiger partial charge in [0.15, 0.2) is 0 Å². The summed E-state index contributed by atoms with van der Waals surface area (Å²) in [4.78, 5) is 2.75. The van der Waals surface area contributed by atoms with E-state index in [1.165, 1.54) is 38.6 Å². The van der Waals surface area contributed by atoms with E-state index in [0.29, 0.717) is 6.04 Å². The molecule has 3 nitrogen and oxygen atoms in total. The van der Waals surface area contributed by atoms with Gasteiger partial charge in [-0.1, -0.05) is 6.42 Å². The van der Waals surface area contributed by atoms with Gasteiger partial charge >= 0.3 is 0 Å². The number of hydrogen-bond acceptors (Lipinski definition) is 3. The lowest BCUT2D eigenvalue weighted by molar-refractivity contribution is 0.0221. The molecule has 1 heterocycles. The molecule has 3 unspecified atom stereocenters. The number of nitrogens with one attached hydrogen (secondary N) is 1. The maximum absolute atomic E-state index is 5.49. The fourth-order valence-electron chi connectivity index (χ4n) is 3.83. The van der Waals surface area contributed by atoms with Gasteiger partial charge in [0, 0.05) is 31.3 Å². The molecular formula is C16H32N2O. The van der Waals surface area contributed by atoms with Crippen molar-refractivity contribution in [1.82, 2.24) is 10.2 Å². The minimum atomic E-state index is 0.191. The molecule has 0 aromatic carbocycles. The van der Waals surface area contributed by atoms with Crippen LogP contribution in [0.1, 0.15) is 52.9 Å². The highest BCUT2D eigenvalue weighted by Gasteiger charge is 2.38. The van der Waals surface area contributed by atoms with Gasteiger partial charge < -0.3 is 10.1 Å². The third-order valence-corrected chi connectivity index (χ3v) is 4.73. The predicted octanol–water partition coefficient (Wildman–Crippen LogP) is 2.65. The molecule has 2 aliphatic rings. The zero-order chi connectivity index (χ0) is 13.9. The summed E-state index contributed by atoms with van der Waals surface area (Å²) in [5, 5.41) is 3.66. The van der Waals surface area contributed by atoms with E-state index in [9.17, 15) is 0 Å². The lowest BCUT2D eigenvalue weighted by Gasteiger charge is -2.43. The van der Waals surface area contributed by atoms with Crippen LogP contribution in [-0.2, 0) is 4.74 Å². The van der Waals surface area contributed by atoms with Gasteiger partial charge in [-0.05, 0) is 58.9 Å². The van der Waals surface area contributed by atoms with Gasteiger partial charge in [-0.15, -0.1) is 0 Å². The van der Waals surface area contributed by atoms with E-state index in [1.54, 1.807) is 0 Å². The second kappa shape index (κ2) is 6.55. The monoisotopic (exact) mass is 268 g/mol. The third kappa shape index (κ3) is 4.17. The Morgan fingerprint density at radius 1 is 1.21 bits per heavy atom. The Morgan fingerprint density at radius 3 is 2.63 bits per heavy atom. The molecule has 1 saturated carbocycles. The van der Waals surface area contributed by atoms with Crippen LogP contribution in [0, 0.1) is 5.92 Å². The van der Waals surface area contributed by atoms with Crippen molar-refractivity contribution in [3.63, 3.8) is 0 Å². The molecular weight excluding hydrogens is 236 g/mol. The molecule has 19 heavy (non-hydrogen) atoms. The van der Waals surface area contributed by atoms with Crippen molar-refractivity contribution in [2.24, 2.45) is 5.92 Å². The van der Waals surface area contributed by atoms with Crippen molar-refractivity contribution < 1.29 is 4.74 Å². The predicted molar refractivity (Wildman–Crippen MR) is 80.5 cm³/mol. The minimum Gasteiger partial charge on any atom is -0.383 e. The van der Waals surface area contributed by atoms with Crippen molar-refractivity contribution in [3.05, 3.63) is 0 Å². The summed E-state index contributed by atoms with van der Waals surface area (Å²) in [6.45, 7) is 9.89. The Hall–Kier alpha value is -0.120. The highest BCUT2D eigenvalue weighted by Crippen LogP contribution is 2.37. The molecule has 1 aliphatic heterocycles. The average molecular weight is 268 g/mol. The van der Waals surface area contributed by atoms with Crippen molar-refractivity contribution in [2.75, 3.05) is 26.8 Å². The van der Waals surface area contributed by atoms with E-state index >= 15 is 0 Å². The molecule has 2 fully saturated rings. The number of nitrogens with zero attached hydrogens (tertiary/aromatic N) is 1. The van der Waals surface area contributed by atoms with Gasteiger partial charge in [0.1, 0.15) is 0 Å². The first-order valence-electron chi connectivity index (χ1n) is 8.01. The summed E-state index contributed by atoms with van der Waals surface area (Å²) in [6.07, 6.45) is 7.11. The lowest BCUT2D eigenvalue weighted by Crippen LogP contribution is -2.55. The largest absolute Gasteiger partial charge is 0.383 e. The third-order valence-electron chi connectivity index (χ3n) is 4.73. The number of likely N-dealkylation sites (tertiary alicyclic amines) is 1. The summed E-state index contributed by atoms with van der Waals surface area (Å²) in [5.74, 6) is 0.961. The summed E-state index contributed by atoms with van der Waals surface area (Å²) in [7, 11) is 1.83. The molecule has 1 saturated heterocycles. The average Bonchev–Trinajstić information content (AvgIpc) is 2.81. The molecule has 112 valence electrons. The van der Waals surface area contributed by atoms with Crippen molar-refractivity contribution in [1.29, 1.82) is 0 Å². The van der Waals surface area contributed by atoms with Gasteiger partial charge in [-0.2, -0.15) is 0 Å². The van der Waals surface area contributed by atoms with Gasteiger partial charge in [-0.3, -0.25) is 4.90 Å². The SMILES string of the molecule is COCC(CNC(C)(C)C)N1CCCC2CCCC21. The number of methoxy groups -OCH3 is 1. The molecule has 1 aliphatic carbocycles. The molecule has 0 radical (unpaired) electrons. The normalized spacial score (nSPS) is 30.3. The zero-order valence-electron chi connectivity index (χ0n) is 13.2. The summed E-state index contributed by atoms with van der Waals surface area (Å²) in [5.41, 5.74) is 0.191. The van der Waals surface area contributed by atoms with Crippen LogP contribution >= 0.6 is 0 Å². The molecule has 0 aromatic heterocycles. The Bertz CT molecular complexity index is 274. The smallest absolute Gasteiger partial charge is 0.0630 e. The second-order valence-electron chi connectivity index (χ2n) is 7.38. The van der Waals surface area contributed by atoms with Crippen LogP contribution in [0.25, 0.3) is 0 Å². The first-order chi connectivity index (χ1) is 9.01. The molecule has 0 amide bonds. The maximum Gasteiger partial charge on any atom is 0.0630 e.